The number of benzene rings is 5. The van der Waals surface area contributed by atoms with Crippen molar-refractivity contribution in [1.82, 2.24) is 9.55 Å². The Morgan fingerprint density at radius 2 is 1.24 bits per heavy atom. The number of para-hydroxylation sites is 1. The Balaban J connectivity index is 0.00000528. The van der Waals surface area contributed by atoms with Gasteiger partial charge in [0.1, 0.15) is 5.82 Å². The van der Waals surface area contributed by atoms with Crippen LogP contribution in [0.15, 0.2) is 128 Å². The molecule has 7 aromatic rings. The SMILES string of the molecule is CC(C)(C)c1cc(Oc2[c-]c3c(c(C(C)(C)C)c2)c2ccccc2n3-c2cc(C(C)(C)C)ccn2)[c-]c(N2C=CN(c3cccc(C(C)(C)c4ccccc4)c3)[CH-]2)c1.[Pt]. The van der Waals surface area contributed by atoms with E-state index >= 15 is 0 Å². The third-order valence-corrected chi connectivity index (χ3v) is 11.5. The molecule has 3 heterocycles. The smallest absolute Gasteiger partial charge is 0.135 e. The Morgan fingerprint density at radius 3 is 1.95 bits per heavy atom. The van der Waals surface area contributed by atoms with Gasteiger partial charge in [0.2, 0.25) is 0 Å². The molecule has 2 aromatic heterocycles. The third-order valence-electron chi connectivity index (χ3n) is 11.5. The molecule has 0 N–H and O–H groups in total. The van der Waals surface area contributed by atoms with Gasteiger partial charge in [0.15, 0.2) is 0 Å². The fourth-order valence-corrected chi connectivity index (χ4v) is 7.88. The van der Waals surface area contributed by atoms with Crippen LogP contribution in [0.1, 0.15) is 104 Å². The maximum Gasteiger partial charge on any atom is 0.135 e. The van der Waals surface area contributed by atoms with Crippen LogP contribution in [0.5, 0.6) is 11.5 Å². The van der Waals surface area contributed by atoms with Crippen LogP contribution in [-0.2, 0) is 42.7 Å². The van der Waals surface area contributed by atoms with Crippen molar-refractivity contribution in [3.8, 4) is 17.3 Å². The van der Waals surface area contributed by atoms with Crippen LogP contribution in [0.2, 0.25) is 0 Å². The quantitative estimate of drug-likeness (QED) is 0.149. The number of aromatic nitrogens is 2. The summed E-state index contributed by atoms with van der Waals surface area (Å²) in [6, 6.07) is 46.3. The first-order valence-corrected chi connectivity index (χ1v) is 20.4. The van der Waals surface area contributed by atoms with Crippen molar-refractivity contribution in [2.24, 2.45) is 0 Å². The monoisotopic (exact) mass is 958 g/mol. The molecule has 0 aliphatic carbocycles. The van der Waals surface area contributed by atoms with E-state index in [4.69, 9.17) is 9.72 Å². The average molecular weight is 959 g/mol. The second kappa shape index (κ2) is 15.5. The molecule has 0 amide bonds. The number of hydrogen-bond acceptors (Lipinski definition) is 4. The van der Waals surface area contributed by atoms with Gasteiger partial charge in [-0.2, -0.15) is 0 Å². The number of hydrogen-bond donors (Lipinski definition) is 0. The van der Waals surface area contributed by atoms with Crippen LogP contribution >= 0.6 is 0 Å². The van der Waals surface area contributed by atoms with E-state index < -0.39 is 0 Å². The van der Waals surface area contributed by atoms with Crippen molar-refractivity contribution >= 4 is 33.2 Å². The standard InChI is InChI=1S/C53H55N4O.Pt/c1-50(2,3)37-24-25-54-48(31-37)57-46-23-16-15-22-44(46)49-45(52(7,8)9)33-43(34-47(49)57)58-42-30-39(51(4,5)6)29-41(32-42)56-27-26-55(35-56)40-21-17-20-38(28-40)53(10,11)36-18-13-12-14-19-36;/h12-31,33,35H,1-11H3;/q-3;. The molecule has 0 saturated heterocycles. The maximum absolute atomic E-state index is 6.91. The number of nitrogens with zero attached hydrogens (tertiary/aromatic N) is 4. The molecule has 0 radical (unpaired) electrons. The van der Waals surface area contributed by atoms with Gasteiger partial charge in [0, 0.05) is 55.4 Å². The molecule has 0 unspecified atom stereocenters. The molecule has 0 spiro atoms. The molecular weight excluding hydrogens is 904 g/mol. The fourth-order valence-electron chi connectivity index (χ4n) is 7.88. The number of fused-ring (bicyclic) bond motifs is 3. The van der Waals surface area contributed by atoms with Crippen LogP contribution in [0, 0.1) is 18.8 Å². The van der Waals surface area contributed by atoms with E-state index in [1.165, 1.54) is 33.0 Å². The van der Waals surface area contributed by atoms with E-state index in [9.17, 15) is 0 Å². The predicted octanol–water partition coefficient (Wildman–Crippen LogP) is 13.7. The van der Waals surface area contributed by atoms with Crippen molar-refractivity contribution in [2.45, 2.75) is 97.8 Å². The van der Waals surface area contributed by atoms with Crippen molar-refractivity contribution in [3.05, 3.63) is 174 Å². The zero-order valence-electron chi connectivity index (χ0n) is 36.2. The number of anilines is 2. The molecule has 0 fully saturated rings. The van der Waals surface area contributed by atoms with E-state index in [1.54, 1.807) is 0 Å². The molecule has 1 aliphatic rings. The summed E-state index contributed by atoms with van der Waals surface area (Å²) in [5.41, 5.74) is 9.65. The van der Waals surface area contributed by atoms with E-state index in [2.05, 4.69) is 231 Å². The topological polar surface area (TPSA) is 33.5 Å². The molecular formula is C53H55N4OPt-3. The molecule has 8 rings (SSSR count). The minimum Gasteiger partial charge on any atom is -0.509 e. The number of rotatable bonds is 7. The maximum atomic E-state index is 6.91. The van der Waals surface area contributed by atoms with E-state index in [0.29, 0.717) is 11.5 Å². The first kappa shape index (κ1) is 42.0. The Kier molecular flexibility index (Phi) is 11.0. The Labute approximate surface area is 366 Å². The summed E-state index contributed by atoms with van der Waals surface area (Å²) >= 11 is 0. The Hall–Kier alpha value is -5.12. The summed E-state index contributed by atoms with van der Waals surface area (Å²) in [5, 5.41) is 2.34. The van der Waals surface area contributed by atoms with Crippen molar-refractivity contribution in [3.63, 3.8) is 0 Å². The first-order chi connectivity index (χ1) is 27.4. The van der Waals surface area contributed by atoms with Crippen molar-refractivity contribution in [2.75, 3.05) is 9.80 Å². The molecule has 59 heavy (non-hydrogen) atoms. The summed E-state index contributed by atoms with van der Waals surface area (Å²) in [4.78, 5) is 9.22. The molecule has 0 saturated carbocycles. The van der Waals surface area contributed by atoms with Crippen LogP contribution in [0.3, 0.4) is 0 Å². The fraction of sp³-hybridized carbons (Fsp3) is 0.283. The predicted molar refractivity (Wildman–Crippen MR) is 242 cm³/mol. The molecule has 0 atom stereocenters. The van der Waals surface area contributed by atoms with Gasteiger partial charge < -0.3 is 19.1 Å². The molecule has 1 aliphatic heterocycles. The van der Waals surface area contributed by atoms with E-state index in [1.807, 2.05) is 6.20 Å². The minimum atomic E-state index is -0.185. The zero-order chi connectivity index (χ0) is 41.2. The van der Waals surface area contributed by atoms with Gasteiger partial charge in [-0.3, -0.25) is 0 Å². The number of ether oxygens (including phenoxy) is 1. The molecule has 0 bridgehead atoms. The first-order valence-electron chi connectivity index (χ1n) is 20.4. The molecule has 5 aromatic carbocycles. The summed E-state index contributed by atoms with van der Waals surface area (Å²) in [5.74, 6) is 2.15. The van der Waals surface area contributed by atoms with Crippen LogP contribution in [-0.4, -0.2) is 9.55 Å². The zero-order valence-corrected chi connectivity index (χ0v) is 38.5. The normalized spacial score (nSPS) is 13.7. The van der Waals surface area contributed by atoms with Gasteiger partial charge in [-0.05, 0) is 81.1 Å². The summed E-state index contributed by atoms with van der Waals surface area (Å²) in [6.07, 6.45) is 6.11. The van der Waals surface area contributed by atoms with Gasteiger partial charge in [0.05, 0.1) is 0 Å². The van der Waals surface area contributed by atoms with Crippen molar-refractivity contribution < 1.29 is 25.8 Å². The average Bonchev–Trinajstić information content (AvgIpc) is 3.81. The van der Waals surface area contributed by atoms with Gasteiger partial charge in [-0.25, -0.2) is 4.98 Å². The second-order valence-electron chi connectivity index (χ2n) is 19.3. The Morgan fingerprint density at radius 1 is 0.576 bits per heavy atom. The van der Waals surface area contributed by atoms with Crippen molar-refractivity contribution in [1.29, 1.82) is 0 Å². The second-order valence-corrected chi connectivity index (χ2v) is 19.3. The van der Waals surface area contributed by atoms with E-state index in [0.717, 1.165) is 33.8 Å². The van der Waals surface area contributed by atoms with Crippen LogP contribution in [0.4, 0.5) is 11.4 Å². The third kappa shape index (κ3) is 8.24. The summed E-state index contributed by atoms with van der Waals surface area (Å²) in [7, 11) is 0. The van der Waals surface area contributed by atoms with Gasteiger partial charge in [0.25, 0.3) is 0 Å². The Bertz CT molecular complexity index is 2670. The van der Waals surface area contributed by atoms with Gasteiger partial charge in [-0.15, -0.1) is 53.8 Å². The molecule has 6 heteroatoms. The number of pyridine rings is 1. The summed E-state index contributed by atoms with van der Waals surface area (Å²) in [6.45, 7) is 26.9. The van der Waals surface area contributed by atoms with Crippen LogP contribution in [0.25, 0.3) is 27.6 Å². The van der Waals surface area contributed by atoms with E-state index in [-0.39, 0.29) is 42.7 Å². The largest absolute Gasteiger partial charge is 0.509 e. The molecule has 5 nitrogen and oxygen atoms in total. The van der Waals surface area contributed by atoms with Crippen LogP contribution < -0.4 is 14.5 Å². The minimum absolute atomic E-state index is 0. The van der Waals surface area contributed by atoms with Gasteiger partial charge in [-0.1, -0.05) is 148 Å². The summed E-state index contributed by atoms with van der Waals surface area (Å²) < 4.78 is 9.15. The molecule has 306 valence electrons. The van der Waals surface area contributed by atoms with Gasteiger partial charge >= 0.3 is 0 Å².